The lowest BCUT2D eigenvalue weighted by Gasteiger charge is -2.05. The Morgan fingerprint density at radius 1 is 1.46 bits per heavy atom. The summed E-state index contributed by atoms with van der Waals surface area (Å²) in [6.45, 7) is 2.08. The largest absolute Gasteiger partial charge is 0.197 e. The van der Waals surface area contributed by atoms with Crippen LogP contribution in [-0.2, 0) is 0 Å². The van der Waals surface area contributed by atoms with Crippen molar-refractivity contribution < 1.29 is 0 Å². The minimum Gasteiger partial charge on any atom is -0.197 e. The van der Waals surface area contributed by atoms with Crippen LogP contribution >= 0.6 is 11.8 Å². The number of hydrogen-bond donors (Lipinski definition) is 0. The van der Waals surface area contributed by atoms with Crippen molar-refractivity contribution in [3.63, 3.8) is 0 Å². The van der Waals surface area contributed by atoms with Gasteiger partial charge in [-0.15, -0.1) is 11.8 Å². The average Bonchev–Trinajstić information content (AvgIpc) is 2.86. The van der Waals surface area contributed by atoms with Crippen LogP contribution in [0.3, 0.4) is 0 Å². The molecule has 2 rings (SSSR count). The van der Waals surface area contributed by atoms with Gasteiger partial charge in [0.25, 0.3) is 0 Å². The Balaban J connectivity index is 2.15. The molecule has 1 nitrogen and oxygen atoms in total. The van der Waals surface area contributed by atoms with E-state index in [2.05, 4.69) is 31.2 Å². The lowest BCUT2D eigenvalue weighted by molar-refractivity contribution is 1.19. The van der Waals surface area contributed by atoms with E-state index in [4.69, 9.17) is 5.26 Å². The van der Waals surface area contributed by atoms with Crippen molar-refractivity contribution in [2.75, 3.05) is 0 Å². The van der Waals surface area contributed by atoms with Crippen molar-refractivity contribution in [3.05, 3.63) is 29.8 Å². The molecule has 0 N–H and O–H groups in total. The van der Waals surface area contributed by atoms with Gasteiger partial charge in [0.15, 0.2) is 0 Å². The summed E-state index contributed by atoms with van der Waals surface area (Å²) in [5.74, 6) is 0. The van der Waals surface area contributed by atoms with Gasteiger partial charge in [-0.2, -0.15) is 5.26 Å². The standard InChI is InChI=1S/C11H11NS/c1-9-3-2-4-10(7-9)13-11(8-12)5-6-11/h2-4,7H,5-6H2,1H3. The number of aryl methyl sites for hydroxylation is 1. The highest BCUT2D eigenvalue weighted by molar-refractivity contribution is 8.01. The van der Waals surface area contributed by atoms with Gasteiger partial charge in [0.05, 0.1) is 6.07 Å². The van der Waals surface area contributed by atoms with Crippen LogP contribution in [0, 0.1) is 18.3 Å². The maximum Gasteiger partial charge on any atom is 0.107 e. The maximum absolute atomic E-state index is 8.92. The third-order valence-corrected chi connectivity index (χ3v) is 3.59. The first-order valence-corrected chi connectivity index (χ1v) is 5.23. The molecule has 0 spiro atoms. The topological polar surface area (TPSA) is 23.8 Å². The van der Waals surface area contributed by atoms with Crippen molar-refractivity contribution in [3.8, 4) is 6.07 Å². The normalized spacial score (nSPS) is 17.8. The van der Waals surface area contributed by atoms with Gasteiger partial charge in [0, 0.05) is 4.90 Å². The van der Waals surface area contributed by atoms with E-state index in [1.54, 1.807) is 11.8 Å². The number of benzene rings is 1. The molecule has 1 fully saturated rings. The average molecular weight is 189 g/mol. The van der Waals surface area contributed by atoms with Crippen molar-refractivity contribution in [1.29, 1.82) is 5.26 Å². The summed E-state index contributed by atoms with van der Waals surface area (Å²) in [7, 11) is 0. The van der Waals surface area contributed by atoms with Crippen LogP contribution in [0.4, 0.5) is 0 Å². The molecule has 0 unspecified atom stereocenters. The van der Waals surface area contributed by atoms with Gasteiger partial charge in [-0.05, 0) is 31.9 Å². The van der Waals surface area contributed by atoms with Crippen molar-refractivity contribution in [2.45, 2.75) is 29.4 Å². The lowest BCUT2D eigenvalue weighted by Crippen LogP contribution is -1.96. The number of nitrogens with zero attached hydrogens (tertiary/aromatic N) is 1. The molecule has 1 saturated carbocycles. The molecular weight excluding hydrogens is 178 g/mol. The Bertz CT molecular complexity index is 361. The quantitative estimate of drug-likeness (QED) is 0.713. The zero-order valence-corrected chi connectivity index (χ0v) is 8.40. The Morgan fingerprint density at radius 2 is 2.23 bits per heavy atom. The van der Waals surface area contributed by atoms with Crippen LogP contribution in [0.1, 0.15) is 18.4 Å². The zero-order valence-electron chi connectivity index (χ0n) is 7.58. The highest BCUT2D eigenvalue weighted by atomic mass is 32.2. The number of thioether (sulfide) groups is 1. The summed E-state index contributed by atoms with van der Waals surface area (Å²) < 4.78 is -0.0895. The van der Waals surface area contributed by atoms with Crippen LogP contribution in [-0.4, -0.2) is 4.75 Å². The summed E-state index contributed by atoms with van der Waals surface area (Å²) in [6, 6.07) is 10.7. The molecular formula is C11H11NS. The van der Waals surface area contributed by atoms with Gasteiger partial charge >= 0.3 is 0 Å². The molecule has 66 valence electrons. The van der Waals surface area contributed by atoms with Crippen LogP contribution in [0.15, 0.2) is 29.2 Å². The van der Waals surface area contributed by atoms with Crippen LogP contribution in [0.2, 0.25) is 0 Å². The van der Waals surface area contributed by atoms with Crippen LogP contribution < -0.4 is 0 Å². The van der Waals surface area contributed by atoms with Gasteiger partial charge in [0.1, 0.15) is 4.75 Å². The third-order valence-electron chi connectivity index (χ3n) is 2.21. The van der Waals surface area contributed by atoms with Crippen molar-refractivity contribution >= 4 is 11.8 Å². The molecule has 0 aliphatic heterocycles. The molecule has 0 radical (unpaired) electrons. The monoisotopic (exact) mass is 189 g/mol. The Morgan fingerprint density at radius 3 is 2.77 bits per heavy atom. The number of hydrogen-bond acceptors (Lipinski definition) is 2. The number of rotatable bonds is 2. The molecule has 1 aromatic carbocycles. The highest BCUT2D eigenvalue weighted by Crippen LogP contribution is 2.51. The van der Waals surface area contributed by atoms with Gasteiger partial charge in [0.2, 0.25) is 0 Å². The van der Waals surface area contributed by atoms with E-state index in [-0.39, 0.29) is 4.75 Å². The molecule has 0 atom stereocenters. The van der Waals surface area contributed by atoms with Crippen LogP contribution in [0.5, 0.6) is 0 Å². The van der Waals surface area contributed by atoms with Gasteiger partial charge in [-0.1, -0.05) is 17.7 Å². The van der Waals surface area contributed by atoms with Crippen molar-refractivity contribution in [2.24, 2.45) is 0 Å². The Hall–Kier alpha value is -0.940. The predicted molar refractivity (Wildman–Crippen MR) is 54.6 cm³/mol. The Labute approximate surface area is 82.8 Å². The lowest BCUT2D eigenvalue weighted by atomic mass is 10.2. The molecule has 1 aliphatic rings. The van der Waals surface area contributed by atoms with E-state index in [9.17, 15) is 0 Å². The molecule has 13 heavy (non-hydrogen) atoms. The highest BCUT2D eigenvalue weighted by Gasteiger charge is 2.44. The number of nitriles is 1. The molecule has 1 aromatic rings. The smallest absolute Gasteiger partial charge is 0.107 e. The predicted octanol–water partition coefficient (Wildman–Crippen LogP) is 3.14. The molecule has 0 bridgehead atoms. The second-order valence-electron chi connectivity index (χ2n) is 3.52. The SMILES string of the molecule is Cc1cccc(SC2(C#N)CC2)c1. The third kappa shape index (κ3) is 1.87. The second-order valence-corrected chi connectivity index (χ2v) is 4.98. The summed E-state index contributed by atoms with van der Waals surface area (Å²) >= 11 is 1.71. The Kier molecular flexibility index (Phi) is 2.05. The fraction of sp³-hybridized carbons (Fsp3) is 0.364. The molecule has 0 saturated heterocycles. The van der Waals surface area contributed by atoms with Crippen molar-refractivity contribution in [1.82, 2.24) is 0 Å². The first-order valence-electron chi connectivity index (χ1n) is 4.41. The first kappa shape index (κ1) is 8.65. The minimum atomic E-state index is -0.0895. The second kappa shape index (κ2) is 3.08. The van der Waals surface area contributed by atoms with E-state index in [1.807, 2.05) is 6.07 Å². The maximum atomic E-state index is 8.92. The van der Waals surface area contributed by atoms with Crippen LogP contribution in [0.25, 0.3) is 0 Å². The zero-order chi connectivity index (χ0) is 9.31. The summed E-state index contributed by atoms with van der Waals surface area (Å²) in [4.78, 5) is 1.22. The van der Waals surface area contributed by atoms with E-state index >= 15 is 0 Å². The molecule has 0 amide bonds. The van der Waals surface area contributed by atoms with E-state index < -0.39 is 0 Å². The minimum absolute atomic E-state index is 0.0895. The molecule has 0 aromatic heterocycles. The summed E-state index contributed by atoms with van der Waals surface area (Å²) in [6.07, 6.45) is 2.09. The fourth-order valence-electron chi connectivity index (χ4n) is 1.25. The van der Waals surface area contributed by atoms with E-state index in [0.29, 0.717) is 0 Å². The fourth-order valence-corrected chi connectivity index (χ4v) is 2.45. The molecule has 2 heteroatoms. The molecule has 1 aliphatic carbocycles. The molecule has 0 heterocycles. The first-order chi connectivity index (χ1) is 6.24. The van der Waals surface area contributed by atoms with E-state index in [0.717, 1.165) is 12.8 Å². The summed E-state index contributed by atoms with van der Waals surface area (Å²) in [5, 5.41) is 8.92. The summed E-state index contributed by atoms with van der Waals surface area (Å²) in [5.41, 5.74) is 1.26. The van der Waals surface area contributed by atoms with Gasteiger partial charge in [-0.3, -0.25) is 0 Å². The van der Waals surface area contributed by atoms with Gasteiger partial charge in [-0.25, -0.2) is 0 Å². The van der Waals surface area contributed by atoms with Gasteiger partial charge < -0.3 is 0 Å². The van der Waals surface area contributed by atoms with E-state index in [1.165, 1.54) is 10.5 Å².